The highest BCUT2D eigenvalue weighted by Gasteiger charge is 2.30. The zero-order valence-corrected chi connectivity index (χ0v) is 24.9. The molecule has 4 rings (SSSR count). The largest absolute Gasteiger partial charge is 0.494 e. The summed E-state index contributed by atoms with van der Waals surface area (Å²) in [6.07, 6.45) is 1.63. The Kier molecular flexibility index (Phi) is 11.0. The average Bonchev–Trinajstić information content (AvgIpc) is 3.00. The van der Waals surface area contributed by atoms with E-state index in [1.165, 1.54) is 0 Å². The highest BCUT2D eigenvalue weighted by Crippen LogP contribution is 2.28. The van der Waals surface area contributed by atoms with E-state index in [1.807, 2.05) is 74.5 Å². The normalized spacial score (nSPS) is 17.6. The van der Waals surface area contributed by atoms with Gasteiger partial charge < -0.3 is 20.1 Å². The molecule has 0 bridgehead atoms. The van der Waals surface area contributed by atoms with Crippen LogP contribution in [0.4, 0.5) is 4.79 Å². The van der Waals surface area contributed by atoms with Crippen molar-refractivity contribution < 1.29 is 27.5 Å². The van der Waals surface area contributed by atoms with Gasteiger partial charge >= 0.3 is 6.09 Å². The number of aryl methyl sites for hydroxylation is 1. The minimum atomic E-state index is -3.70. The van der Waals surface area contributed by atoms with Gasteiger partial charge in [-0.25, -0.2) is 17.9 Å². The number of nitrogens with one attached hydrogen (secondary N) is 3. The maximum Gasteiger partial charge on any atom is 0.407 e. The van der Waals surface area contributed by atoms with Gasteiger partial charge in [-0.05, 0) is 74.4 Å². The summed E-state index contributed by atoms with van der Waals surface area (Å²) in [5, 5.41) is 5.85. The lowest BCUT2D eigenvalue weighted by Crippen LogP contribution is -2.43. The molecule has 224 valence electrons. The predicted octanol–water partition coefficient (Wildman–Crippen LogP) is 5.01. The van der Waals surface area contributed by atoms with Crippen molar-refractivity contribution >= 4 is 22.0 Å². The van der Waals surface area contributed by atoms with Crippen molar-refractivity contribution in [2.45, 2.75) is 63.1 Å². The van der Waals surface area contributed by atoms with Crippen LogP contribution in [0.2, 0.25) is 0 Å². The SMILES string of the molecule is CCOc1ccc(S(=O)(=O)N[C@H]2CC[C@H](C(=O)N[C@H](CNC(=O)OCc3ccccc3)c3ccccc3)CC2)cc1C. The standard InChI is InChI=1S/C32H39N3O6S/c1-3-40-30-19-18-28(20-23(30)2)42(38,39)35-27-16-14-26(15-17-27)31(36)34-29(25-12-8-5-9-13-25)21-33-32(37)41-22-24-10-6-4-7-11-24/h4-13,18-20,26-27,29,35H,3,14-17,21-22H2,1-2H3,(H,33,37)(H,34,36)/t26-,27-,29-/m1/s1. The maximum atomic E-state index is 13.3. The molecule has 42 heavy (non-hydrogen) atoms. The van der Waals surface area contributed by atoms with Crippen LogP contribution in [0.15, 0.2) is 83.8 Å². The molecular weight excluding hydrogens is 554 g/mol. The molecule has 1 aliphatic carbocycles. The smallest absolute Gasteiger partial charge is 0.407 e. The number of carbonyl (C=O) groups excluding carboxylic acids is 2. The van der Waals surface area contributed by atoms with Gasteiger partial charge in [0.25, 0.3) is 0 Å². The molecule has 9 nitrogen and oxygen atoms in total. The molecule has 0 radical (unpaired) electrons. The van der Waals surface area contributed by atoms with E-state index in [2.05, 4.69) is 15.4 Å². The number of carbonyl (C=O) groups is 2. The van der Waals surface area contributed by atoms with Gasteiger partial charge in [-0.2, -0.15) is 0 Å². The molecule has 0 heterocycles. The fourth-order valence-corrected chi connectivity index (χ4v) is 6.44. The van der Waals surface area contributed by atoms with Gasteiger partial charge in [0, 0.05) is 18.5 Å². The van der Waals surface area contributed by atoms with Crippen molar-refractivity contribution in [1.82, 2.24) is 15.4 Å². The number of hydrogen-bond donors (Lipinski definition) is 3. The molecule has 0 aliphatic heterocycles. The van der Waals surface area contributed by atoms with Crippen LogP contribution in [0.5, 0.6) is 5.75 Å². The Balaban J connectivity index is 1.29. The van der Waals surface area contributed by atoms with Crippen LogP contribution in [0.25, 0.3) is 0 Å². The monoisotopic (exact) mass is 593 g/mol. The summed E-state index contributed by atoms with van der Waals surface area (Å²) in [4.78, 5) is 25.8. The van der Waals surface area contributed by atoms with E-state index in [-0.39, 0.29) is 35.9 Å². The second-order valence-corrected chi connectivity index (χ2v) is 12.2. The second kappa shape index (κ2) is 14.8. The second-order valence-electron chi connectivity index (χ2n) is 10.4. The first-order valence-electron chi connectivity index (χ1n) is 14.3. The molecule has 1 saturated carbocycles. The van der Waals surface area contributed by atoms with Gasteiger partial charge in [-0.1, -0.05) is 60.7 Å². The molecule has 3 aromatic carbocycles. The molecule has 0 saturated heterocycles. The molecule has 3 N–H and O–H groups in total. The van der Waals surface area contributed by atoms with Gasteiger partial charge in [0.15, 0.2) is 0 Å². The number of alkyl carbamates (subject to hydrolysis) is 1. The van der Waals surface area contributed by atoms with Crippen LogP contribution >= 0.6 is 0 Å². The van der Waals surface area contributed by atoms with Crippen LogP contribution in [0, 0.1) is 12.8 Å². The highest BCUT2D eigenvalue weighted by atomic mass is 32.2. The van der Waals surface area contributed by atoms with Crippen molar-refractivity contribution in [3.8, 4) is 5.75 Å². The van der Waals surface area contributed by atoms with Crippen LogP contribution in [0.1, 0.15) is 55.3 Å². The molecular formula is C32H39N3O6S. The van der Waals surface area contributed by atoms with Crippen molar-refractivity contribution in [2.24, 2.45) is 5.92 Å². The van der Waals surface area contributed by atoms with E-state index in [0.717, 1.165) is 16.7 Å². The lowest BCUT2D eigenvalue weighted by atomic mass is 9.85. The van der Waals surface area contributed by atoms with Gasteiger partial charge in [0.2, 0.25) is 15.9 Å². The fourth-order valence-electron chi connectivity index (χ4n) is 5.05. The van der Waals surface area contributed by atoms with E-state index >= 15 is 0 Å². The summed E-state index contributed by atoms with van der Waals surface area (Å²) < 4.78 is 39.7. The quantitative estimate of drug-likeness (QED) is 0.271. The van der Waals surface area contributed by atoms with E-state index in [1.54, 1.807) is 18.2 Å². The van der Waals surface area contributed by atoms with E-state index in [4.69, 9.17) is 9.47 Å². The summed E-state index contributed by atoms with van der Waals surface area (Å²) in [5.74, 6) is 0.289. The Morgan fingerprint density at radius 3 is 2.24 bits per heavy atom. The van der Waals surface area contributed by atoms with Crippen molar-refractivity contribution in [1.29, 1.82) is 0 Å². The van der Waals surface area contributed by atoms with Crippen LogP contribution in [0.3, 0.4) is 0 Å². The number of rotatable bonds is 12. The third-order valence-corrected chi connectivity index (χ3v) is 8.88. The topological polar surface area (TPSA) is 123 Å². The van der Waals surface area contributed by atoms with Crippen molar-refractivity contribution in [3.05, 3.63) is 95.6 Å². The van der Waals surface area contributed by atoms with Gasteiger partial charge in [-0.3, -0.25) is 4.79 Å². The van der Waals surface area contributed by atoms with Gasteiger partial charge in [0.05, 0.1) is 17.5 Å². The molecule has 1 atom stereocenters. The summed E-state index contributed by atoms with van der Waals surface area (Å²) >= 11 is 0. The molecule has 0 aromatic heterocycles. The molecule has 10 heteroatoms. The molecule has 3 aromatic rings. The lowest BCUT2D eigenvalue weighted by Gasteiger charge is -2.30. The minimum Gasteiger partial charge on any atom is -0.494 e. The molecule has 0 unspecified atom stereocenters. The first kappa shape index (κ1) is 31.1. The molecule has 0 spiro atoms. The Morgan fingerprint density at radius 1 is 0.929 bits per heavy atom. The van der Waals surface area contributed by atoms with Gasteiger partial charge in [-0.15, -0.1) is 0 Å². The summed E-state index contributed by atoms with van der Waals surface area (Å²) in [6.45, 7) is 4.52. The van der Waals surface area contributed by atoms with E-state index in [0.29, 0.717) is 38.0 Å². The maximum absolute atomic E-state index is 13.3. The van der Waals surface area contributed by atoms with E-state index in [9.17, 15) is 18.0 Å². The molecule has 1 aliphatic rings. The third-order valence-electron chi connectivity index (χ3n) is 7.36. The summed E-state index contributed by atoms with van der Waals surface area (Å²) in [5.41, 5.74) is 2.50. The zero-order valence-electron chi connectivity index (χ0n) is 24.0. The number of hydrogen-bond acceptors (Lipinski definition) is 6. The predicted molar refractivity (Wildman–Crippen MR) is 160 cm³/mol. The Bertz CT molecular complexity index is 1430. The summed E-state index contributed by atoms with van der Waals surface area (Å²) in [7, 11) is -3.70. The lowest BCUT2D eigenvalue weighted by molar-refractivity contribution is -0.126. The minimum absolute atomic E-state index is 0.119. The first-order chi connectivity index (χ1) is 20.2. The van der Waals surface area contributed by atoms with Gasteiger partial charge in [0.1, 0.15) is 12.4 Å². The molecule has 1 fully saturated rings. The average molecular weight is 594 g/mol. The van der Waals surface area contributed by atoms with Crippen LogP contribution in [-0.2, 0) is 26.2 Å². The number of benzene rings is 3. The Morgan fingerprint density at radius 2 is 1.60 bits per heavy atom. The van der Waals surface area contributed by atoms with E-state index < -0.39 is 22.2 Å². The van der Waals surface area contributed by atoms with Crippen molar-refractivity contribution in [3.63, 3.8) is 0 Å². The third kappa shape index (κ3) is 8.80. The number of sulfonamides is 1. The zero-order chi connectivity index (χ0) is 30.0. The number of amides is 2. The fraction of sp³-hybridized carbons (Fsp3) is 0.375. The van der Waals surface area contributed by atoms with Crippen molar-refractivity contribution in [2.75, 3.05) is 13.2 Å². The first-order valence-corrected chi connectivity index (χ1v) is 15.8. The summed E-state index contributed by atoms with van der Waals surface area (Å²) in [6, 6.07) is 23.0. The number of ether oxygens (including phenoxy) is 2. The highest BCUT2D eigenvalue weighted by molar-refractivity contribution is 7.89. The van der Waals surface area contributed by atoms with Crippen LogP contribution < -0.4 is 20.1 Å². The van der Waals surface area contributed by atoms with Crippen LogP contribution in [-0.4, -0.2) is 39.6 Å². The molecule has 2 amide bonds. The Hall–Kier alpha value is -3.89. The Labute approximate surface area is 248 Å².